The molecular weight excluding hydrogens is 172 g/mol. The summed E-state index contributed by atoms with van der Waals surface area (Å²) in [6.07, 6.45) is 0.751. The molecule has 74 valence electrons. The average Bonchev–Trinajstić information content (AvgIpc) is 2.43. The third-order valence-corrected chi connectivity index (χ3v) is 3.37. The van der Waals surface area contributed by atoms with Crippen LogP contribution in [0.3, 0.4) is 0 Å². The number of benzene rings is 1. The quantitative estimate of drug-likeness (QED) is 0.662. The van der Waals surface area contributed by atoms with E-state index in [9.17, 15) is 4.79 Å². The van der Waals surface area contributed by atoms with E-state index in [1.165, 1.54) is 5.56 Å². The zero-order valence-corrected chi connectivity index (χ0v) is 8.73. The van der Waals surface area contributed by atoms with Gasteiger partial charge in [-0.2, -0.15) is 0 Å². The topological polar surface area (TPSA) is 17.1 Å². The van der Waals surface area contributed by atoms with Crippen molar-refractivity contribution in [1.82, 2.24) is 0 Å². The van der Waals surface area contributed by atoms with E-state index in [-0.39, 0.29) is 5.92 Å². The van der Waals surface area contributed by atoms with Crippen molar-refractivity contribution in [2.45, 2.75) is 26.2 Å². The Hall–Kier alpha value is -1.11. The zero-order chi connectivity index (χ0) is 10.1. The molecule has 0 heterocycles. The summed E-state index contributed by atoms with van der Waals surface area (Å²) >= 11 is 0. The minimum absolute atomic E-state index is 0.201. The molecule has 0 saturated heterocycles. The maximum atomic E-state index is 11.6. The number of carbonyl (C=O) groups is 1. The van der Waals surface area contributed by atoms with Crippen molar-refractivity contribution in [2.75, 3.05) is 0 Å². The fourth-order valence-electron chi connectivity index (χ4n) is 2.62. The van der Waals surface area contributed by atoms with Gasteiger partial charge >= 0.3 is 0 Å². The van der Waals surface area contributed by atoms with Crippen molar-refractivity contribution >= 4 is 5.78 Å². The second kappa shape index (κ2) is 3.56. The lowest BCUT2D eigenvalue weighted by Gasteiger charge is -2.18. The second-order valence-electron chi connectivity index (χ2n) is 4.37. The molecule has 1 nitrogen and oxygen atoms in total. The number of ketones is 1. The first kappa shape index (κ1) is 9.45. The smallest absolute Gasteiger partial charge is 0.136 e. The maximum Gasteiger partial charge on any atom is 0.136 e. The first-order valence-electron chi connectivity index (χ1n) is 5.28. The molecule has 1 aromatic rings. The van der Waals surface area contributed by atoms with E-state index in [2.05, 4.69) is 38.1 Å². The predicted molar refractivity (Wildman–Crippen MR) is 57.1 cm³/mol. The van der Waals surface area contributed by atoms with Crippen LogP contribution in [-0.4, -0.2) is 5.78 Å². The fourth-order valence-corrected chi connectivity index (χ4v) is 2.62. The standard InChI is InChI=1S/C13H16O/c1-9-8-12(14)10(2)13(9)11-6-4-3-5-7-11/h3-7,9-10,13H,8H2,1-2H3/t9?,10-,13+/m0/s1. The Morgan fingerprint density at radius 2 is 1.79 bits per heavy atom. The Labute approximate surface area is 85.1 Å². The SMILES string of the molecule is CC1CC(=O)[C@H](C)[C@@H]1c1ccccc1. The van der Waals surface area contributed by atoms with Crippen molar-refractivity contribution < 1.29 is 4.79 Å². The van der Waals surface area contributed by atoms with E-state index in [1.807, 2.05) is 6.07 Å². The van der Waals surface area contributed by atoms with Gasteiger partial charge in [-0.25, -0.2) is 0 Å². The molecule has 0 spiro atoms. The van der Waals surface area contributed by atoms with Crippen molar-refractivity contribution in [2.24, 2.45) is 11.8 Å². The van der Waals surface area contributed by atoms with Gasteiger partial charge in [0.05, 0.1) is 0 Å². The van der Waals surface area contributed by atoms with Gasteiger partial charge in [0.15, 0.2) is 0 Å². The average molecular weight is 188 g/mol. The lowest BCUT2D eigenvalue weighted by atomic mass is 9.85. The van der Waals surface area contributed by atoms with Crippen LogP contribution >= 0.6 is 0 Å². The van der Waals surface area contributed by atoms with Crippen LogP contribution in [0.15, 0.2) is 30.3 Å². The van der Waals surface area contributed by atoms with Gasteiger partial charge in [0.1, 0.15) is 5.78 Å². The second-order valence-corrected chi connectivity index (χ2v) is 4.37. The molecule has 0 aromatic heterocycles. The van der Waals surface area contributed by atoms with Gasteiger partial charge in [0, 0.05) is 12.3 Å². The largest absolute Gasteiger partial charge is 0.299 e. The molecule has 3 atom stereocenters. The van der Waals surface area contributed by atoms with Crippen LogP contribution in [0.5, 0.6) is 0 Å². The van der Waals surface area contributed by atoms with Gasteiger partial charge in [-0.3, -0.25) is 4.79 Å². The van der Waals surface area contributed by atoms with E-state index >= 15 is 0 Å². The van der Waals surface area contributed by atoms with Crippen LogP contribution in [0, 0.1) is 11.8 Å². The fraction of sp³-hybridized carbons (Fsp3) is 0.462. The first-order chi connectivity index (χ1) is 6.70. The van der Waals surface area contributed by atoms with Crippen LogP contribution < -0.4 is 0 Å². The lowest BCUT2D eigenvalue weighted by molar-refractivity contribution is -0.120. The molecule has 0 amide bonds. The summed E-state index contributed by atoms with van der Waals surface area (Å²) in [5, 5.41) is 0. The molecule has 1 unspecified atom stereocenters. The van der Waals surface area contributed by atoms with Gasteiger partial charge in [-0.15, -0.1) is 0 Å². The number of carbonyl (C=O) groups excluding carboxylic acids is 1. The third-order valence-electron chi connectivity index (χ3n) is 3.37. The van der Waals surface area contributed by atoms with Gasteiger partial charge in [0.2, 0.25) is 0 Å². The molecule has 0 radical (unpaired) electrons. The summed E-state index contributed by atoms with van der Waals surface area (Å²) in [6, 6.07) is 10.4. The molecule has 14 heavy (non-hydrogen) atoms. The van der Waals surface area contributed by atoms with E-state index in [4.69, 9.17) is 0 Å². The van der Waals surface area contributed by atoms with Crippen molar-refractivity contribution in [3.63, 3.8) is 0 Å². The predicted octanol–water partition coefficient (Wildman–Crippen LogP) is 3.02. The van der Waals surface area contributed by atoms with Crippen LogP contribution in [0.25, 0.3) is 0 Å². The highest BCUT2D eigenvalue weighted by atomic mass is 16.1. The van der Waals surface area contributed by atoms with Crippen LogP contribution in [0.2, 0.25) is 0 Å². The van der Waals surface area contributed by atoms with Gasteiger partial charge in [0.25, 0.3) is 0 Å². The Balaban J connectivity index is 2.31. The summed E-state index contributed by atoms with van der Waals surface area (Å²) < 4.78 is 0. The molecule has 1 fully saturated rings. The van der Waals surface area contributed by atoms with Gasteiger partial charge < -0.3 is 0 Å². The normalized spacial score (nSPS) is 32.1. The zero-order valence-electron chi connectivity index (χ0n) is 8.73. The van der Waals surface area contributed by atoms with E-state index in [0.717, 1.165) is 6.42 Å². The summed E-state index contributed by atoms with van der Waals surface area (Å²) in [5.41, 5.74) is 1.32. The molecule has 1 aliphatic rings. The monoisotopic (exact) mass is 188 g/mol. The highest BCUT2D eigenvalue weighted by Crippen LogP contribution is 2.41. The third kappa shape index (κ3) is 1.47. The molecule has 1 heteroatoms. The van der Waals surface area contributed by atoms with Crippen molar-refractivity contribution in [3.8, 4) is 0 Å². The number of hydrogen-bond acceptors (Lipinski definition) is 1. The molecule has 1 aliphatic carbocycles. The van der Waals surface area contributed by atoms with Crippen LogP contribution in [-0.2, 0) is 4.79 Å². The molecular formula is C13H16O. The first-order valence-corrected chi connectivity index (χ1v) is 5.28. The number of rotatable bonds is 1. The van der Waals surface area contributed by atoms with Gasteiger partial charge in [-0.05, 0) is 17.4 Å². The van der Waals surface area contributed by atoms with Crippen LogP contribution in [0.4, 0.5) is 0 Å². The highest BCUT2D eigenvalue weighted by Gasteiger charge is 2.37. The molecule has 2 rings (SSSR count). The van der Waals surface area contributed by atoms with Crippen molar-refractivity contribution in [1.29, 1.82) is 0 Å². The Kier molecular flexibility index (Phi) is 2.40. The minimum atomic E-state index is 0.201. The minimum Gasteiger partial charge on any atom is -0.299 e. The Morgan fingerprint density at radius 1 is 1.14 bits per heavy atom. The Morgan fingerprint density at radius 3 is 2.29 bits per heavy atom. The summed E-state index contributed by atoms with van der Waals surface area (Å²) in [7, 11) is 0. The molecule has 0 aliphatic heterocycles. The van der Waals surface area contributed by atoms with E-state index in [1.54, 1.807) is 0 Å². The number of Topliss-reactive ketones (excluding diaryl/α,β-unsaturated/α-hetero) is 1. The molecule has 1 saturated carbocycles. The summed E-state index contributed by atoms with van der Waals surface area (Å²) in [4.78, 5) is 11.6. The molecule has 1 aromatic carbocycles. The van der Waals surface area contributed by atoms with Gasteiger partial charge in [-0.1, -0.05) is 44.2 Å². The maximum absolute atomic E-state index is 11.6. The Bertz CT molecular complexity index is 328. The molecule has 0 bridgehead atoms. The highest BCUT2D eigenvalue weighted by molar-refractivity contribution is 5.84. The van der Waals surface area contributed by atoms with Crippen LogP contribution in [0.1, 0.15) is 31.7 Å². The van der Waals surface area contributed by atoms with E-state index < -0.39 is 0 Å². The lowest BCUT2D eigenvalue weighted by Crippen LogP contribution is -2.11. The summed E-state index contributed by atoms with van der Waals surface area (Å²) in [5.74, 6) is 1.56. The molecule has 0 N–H and O–H groups in total. The van der Waals surface area contributed by atoms with Crippen molar-refractivity contribution in [3.05, 3.63) is 35.9 Å². The number of hydrogen-bond donors (Lipinski definition) is 0. The van der Waals surface area contributed by atoms with E-state index in [0.29, 0.717) is 17.6 Å². The summed E-state index contributed by atoms with van der Waals surface area (Å²) in [6.45, 7) is 4.24.